The maximum atomic E-state index is 12.3. The summed E-state index contributed by atoms with van der Waals surface area (Å²) < 4.78 is 5.11. The van der Waals surface area contributed by atoms with Crippen molar-refractivity contribution in [1.29, 1.82) is 0 Å². The lowest BCUT2D eigenvalue weighted by atomic mass is 10.1. The van der Waals surface area contributed by atoms with Crippen LogP contribution in [0.4, 0.5) is 0 Å². The third-order valence-electron chi connectivity index (χ3n) is 4.02. The maximum Gasteiger partial charge on any atom is 0.227 e. The van der Waals surface area contributed by atoms with E-state index in [-0.39, 0.29) is 11.8 Å². The zero-order valence-corrected chi connectivity index (χ0v) is 14.2. The van der Waals surface area contributed by atoms with Crippen LogP contribution in [0.25, 0.3) is 0 Å². The van der Waals surface area contributed by atoms with Gasteiger partial charge >= 0.3 is 0 Å². The molecule has 0 radical (unpaired) electrons. The van der Waals surface area contributed by atoms with Crippen molar-refractivity contribution in [3.8, 4) is 5.75 Å². The van der Waals surface area contributed by atoms with E-state index < -0.39 is 0 Å². The van der Waals surface area contributed by atoms with Gasteiger partial charge in [-0.15, -0.1) is 11.6 Å². The van der Waals surface area contributed by atoms with Crippen molar-refractivity contribution in [3.05, 3.63) is 29.8 Å². The van der Waals surface area contributed by atoms with E-state index in [2.05, 4.69) is 0 Å². The van der Waals surface area contributed by atoms with Crippen LogP contribution in [0.1, 0.15) is 18.4 Å². The highest BCUT2D eigenvalue weighted by Gasteiger charge is 2.23. The van der Waals surface area contributed by atoms with Crippen LogP contribution >= 0.6 is 11.6 Å². The Labute approximate surface area is 142 Å². The zero-order chi connectivity index (χ0) is 16.7. The fraction of sp³-hybridized carbons (Fsp3) is 0.529. The minimum absolute atomic E-state index is 0.100. The molecule has 0 aromatic heterocycles. The minimum Gasteiger partial charge on any atom is -0.497 e. The minimum atomic E-state index is 0.100. The number of carbonyl (C=O) groups is 2. The van der Waals surface area contributed by atoms with Crippen LogP contribution in [0.3, 0.4) is 0 Å². The van der Waals surface area contributed by atoms with Crippen molar-refractivity contribution < 1.29 is 14.3 Å². The number of halogens is 1. The standard InChI is InChI=1S/C17H23ClN2O3/c1-23-15-6-4-14(5-7-15)13-17(22)20-11-9-19(10-12-20)16(21)3-2-8-18/h4-7H,2-3,8-13H2,1H3. The van der Waals surface area contributed by atoms with Crippen molar-refractivity contribution in [2.24, 2.45) is 0 Å². The van der Waals surface area contributed by atoms with Gasteiger partial charge in [0.1, 0.15) is 5.75 Å². The van der Waals surface area contributed by atoms with Crippen LogP contribution in [-0.2, 0) is 16.0 Å². The normalized spacial score (nSPS) is 14.7. The Kier molecular flexibility index (Phi) is 6.71. The average molecular weight is 339 g/mol. The lowest BCUT2D eigenvalue weighted by molar-refractivity contribution is -0.139. The monoisotopic (exact) mass is 338 g/mol. The Bertz CT molecular complexity index is 525. The molecular weight excluding hydrogens is 316 g/mol. The molecule has 23 heavy (non-hydrogen) atoms. The summed E-state index contributed by atoms with van der Waals surface area (Å²) in [5, 5.41) is 0. The van der Waals surface area contributed by atoms with E-state index in [1.165, 1.54) is 0 Å². The molecule has 1 aromatic rings. The molecule has 0 bridgehead atoms. The highest BCUT2D eigenvalue weighted by molar-refractivity contribution is 6.17. The summed E-state index contributed by atoms with van der Waals surface area (Å²) in [7, 11) is 1.62. The number of hydrogen-bond donors (Lipinski definition) is 0. The van der Waals surface area contributed by atoms with Crippen LogP contribution in [0, 0.1) is 0 Å². The third-order valence-corrected chi connectivity index (χ3v) is 4.29. The molecule has 1 aliphatic heterocycles. The molecule has 5 nitrogen and oxygen atoms in total. The Balaban J connectivity index is 1.79. The second-order valence-electron chi connectivity index (χ2n) is 5.58. The zero-order valence-electron chi connectivity index (χ0n) is 13.5. The van der Waals surface area contributed by atoms with E-state index in [4.69, 9.17) is 16.3 Å². The molecule has 0 saturated carbocycles. The first kappa shape index (κ1) is 17.6. The Morgan fingerprint density at radius 2 is 1.61 bits per heavy atom. The van der Waals surface area contributed by atoms with Gasteiger partial charge in [-0.25, -0.2) is 0 Å². The van der Waals surface area contributed by atoms with Crippen molar-refractivity contribution in [2.75, 3.05) is 39.2 Å². The van der Waals surface area contributed by atoms with E-state index in [1.807, 2.05) is 34.1 Å². The number of ether oxygens (including phenoxy) is 1. The first-order chi connectivity index (χ1) is 11.1. The van der Waals surface area contributed by atoms with Gasteiger partial charge in [-0.05, 0) is 24.1 Å². The summed E-state index contributed by atoms with van der Waals surface area (Å²) in [5.74, 6) is 1.52. The van der Waals surface area contributed by atoms with E-state index in [0.717, 1.165) is 11.3 Å². The molecule has 1 saturated heterocycles. The van der Waals surface area contributed by atoms with Crippen molar-refractivity contribution in [3.63, 3.8) is 0 Å². The highest BCUT2D eigenvalue weighted by Crippen LogP contribution is 2.13. The van der Waals surface area contributed by atoms with E-state index in [1.54, 1.807) is 7.11 Å². The van der Waals surface area contributed by atoms with Crippen LogP contribution in [0.5, 0.6) is 5.75 Å². The molecule has 1 heterocycles. The van der Waals surface area contributed by atoms with E-state index in [9.17, 15) is 9.59 Å². The largest absolute Gasteiger partial charge is 0.497 e. The predicted molar refractivity (Wildman–Crippen MR) is 89.8 cm³/mol. The fourth-order valence-electron chi connectivity index (χ4n) is 2.61. The van der Waals surface area contributed by atoms with Crippen LogP contribution in [-0.4, -0.2) is 60.8 Å². The van der Waals surface area contributed by atoms with Gasteiger partial charge in [-0.3, -0.25) is 9.59 Å². The molecule has 2 rings (SSSR count). The molecule has 0 aliphatic carbocycles. The SMILES string of the molecule is COc1ccc(CC(=O)N2CCN(C(=O)CCCCl)CC2)cc1. The van der Waals surface area contributed by atoms with Crippen LogP contribution in [0.15, 0.2) is 24.3 Å². The molecule has 0 unspecified atom stereocenters. The Morgan fingerprint density at radius 3 is 2.13 bits per heavy atom. The first-order valence-corrected chi connectivity index (χ1v) is 8.42. The topological polar surface area (TPSA) is 49.9 Å². The summed E-state index contributed by atoms with van der Waals surface area (Å²) in [6.07, 6.45) is 1.57. The quantitative estimate of drug-likeness (QED) is 0.745. The summed E-state index contributed by atoms with van der Waals surface area (Å²) in [5.41, 5.74) is 0.969. The van der Waals surface area contributed by atoms with E-state index in [0.29, 0.717) is 51.3 Å². The molecular formula is C17H23ClN2O3. The van der Waals surface area contributed by atoms with E-state index >= 15 is 0 Å². The fourth-order valence-corrected chi connectivity index (χ4v) is 2.74. The Hall–Kier alpha value is -1.75. The number of alkyl halides is 1. The highest BCUT2D eigenvalue weighted by atomic mass is 35.5. The molecule has 126 valence electrons. The summed E-state index contributed by atoms with van der Waals surface area (Å²) >= 11 is 5.61. The number of rotatable bonds is 6. The molecule has 1 aromatic carbocycles. The lowest BCUT2D eigenvalue weighted by Gasteiger charge is -2.35. The predicted octanol–water partition coefficient (Wildman–Crippen LogP) is 1.93. The molecule has 0 N–H and O–H groups in total. The van der Waals surface area contributed by atoms with Gasteiger partial charge in [-0.1, -0.05) is 12.1 Å². The number of benzene rings is 1. The second kappa shape index (κ2) is 8.77. The van der Waals surface area contributed by atoms with Gasteiger partial charge in [0, 0.05) is 38.5 Å². The number of carbonyl (C=O) groups excluding carboxylic acids is 2. The number of methoxy groups -OCH3 is 1. The smallest absolute Gasteiger partial charge is 0.227 e. The van der Waals surface area contributed by atoms with Gasteiger partial charge in [0.25, 0.3) is 0 Å². The van der Waals surface area contributed by atoms with Gasteiger partial charge < -0.3 is 14.5 Å². The summed E-state index contributed by atoms with van der Waals surface area (Å²) in [4.78, 5) is 27.9. The third kappa shape index (κ3) is 5.13. The molecule has 0 spiro atoms. The number of nitrogens with zero attached hydrogens (tertiary/aromatic N) is 2. The molecule has 2 amide bonds. The van der Waals surface area contributed by atoms with Crippen molar-refractivity contribution in [1.82, 2.24) is 9.80 Å². The molecule has 0 atom stereocenters. The molecule has 6 heteroatoms. The van der Waals surface area contributed by atoms with Crippen LogP contribution < -0.4 is 4.74 Å². The summed E-state index contributed by atoms with van der Waals surface area (Å²) in [6, 6.07) is 7.53. The lowest BCUT2D eigenvalue weighted by Crippen LogP contribution is -2.51. The second-order valence-corrected chi connectivity index (χ2v) is 5.96. The van der Waals surface area contributed by atoms with Crippen LogP contribution in [0.2, 0.25) is 0 Å². The average Bonchev–Trinajstić information content (AvgIpc) is 2.60. The van der Waals surface area contributed by atoms with Crippen molar-refractivity contribution in [2.45, 2.75) is 19.3 Å². The first-order valence-electron chi connectivity index (χ1n) is 7.88. The maximum absolute atomic E-state index is 12.3. The molecule has 1 fully saturated rings. The van der Waals surface area contributed by atoms with Gasteiger partial charge in [0.05, 0.1) is 13.5 Å². The molecule has 1 aliphatic rings. The Morgan fingerprint density at radius 1 is 1.04 bits per heavy atom. The van der Waals surface area contributed by atoms with Crippen molar-refractivity contribution >= 4 is 23.4 Å². The number of hydrogen-bond acceptors (Lipinski definition) is 3. The van der Waals surface area contributed by atoms with Gasteiger partial charge in [-0.2, -0.15) is 0 Å². The van der Waals surface area contributed by atoms with Gasteiger partial charge in [0.2, 0.25) is 11.8 Å². The summed E-state index contributed by atoms with van der Waals surface area (Å²) in [6.45, 7) is 2.41. The van der Waals surface area contributed by atoms with Gasteiger partial charge in [0.15, 0.2) is 0 Å². The number of amides is 2. The number of piperazine rings is 1.